The molecule has 1 aromatic heterocycles. The summed E-state index contributed by atoms with van der Waals surface area (Å²) in [7, 11) is 0. The molecule has 0 fully saturated rings. The van der Waals surface area contributed by atoms with Crippen molar-refractivity contribution in [1.29, 1.82) is 0 Å². The number of benzene rings is 2. The molecule has 0 radical (unpaired) electrons. The lowest BCUT2D eigenvalue weighted by Gasteiger charge is -2.24. The van der Waals surface area contributed by atoms with E-state index in [-0.39, 0.29) is 0 Å². The van der Waals surface area contributed by atoms with Crippen molar-refractivity contribution < 1.29 is 15.0 Å². The first-order valence-electron chi connectivity index (χ1n) is 7.44. The van der Waals surface area contributed by atoms with Crippen molar-refractivity contribution in [2.75, 3.05) is 0 Å². The van der Waals surface area contributed by atoms with Gasteiger partial charge in [0.25, 0.3) is 0 Å². The molecule has 1 aliphatic heterocycles. The van der Waals surface area contributed by atoms with Gasteiger partial charge in [0, 0.05) is 29.3 Å². The molecule has 2 aromatic carbocycles. The highest BCUT2D eigenvalue weighted by Crippen LogP contribution is 2.39. The van der Waals surface area contributed by atoms with Crippen LogP contribution >= 0.6 is 0 Å². The number of carbonyl (C=O) groups excluding carboxylic acids is 1. The lowest BCUT2D eigenvalue weighted by atomic mass is 10.1. The fourth-order valence-corrected chi connectivity index (χ4v) is 3.26. The van der Waals surface area contributed by atoms with E-state index in [0.29, 0.717) is 6.54 Å². The predicted octanol–water partition coefficient (Wildman–Crippen LogP) is 2.18. The van der Waals surface area contributed by atoms with E-state index in [1.165, 1.54) is 4.57 Å². The zero-order valence-electron chi connectivity index (χ0n) is 12.3. The molecule has 0 saturated heterocycles. The maximum absolute atomic E-state index is 10.9. The maximum atomic E-state index is 10.9. The van der Waals surface area contributed by atoms with Crippen LogP contribution in [0.3, 0.4) is 0 Å². The summed E-state index contributed by atoms with van der Waals surface area (Å²) in [5, 5.41) is 21.8. The Balaban J connectivity index is 1.65. The smallest absolute Gasteiger partial charge is 0.218 e. The van der Waals surface area contributed by atoms with Gasteiger partial charge in [0.2, 0.25) is 6.41 Å². The van der Waals surface area contributed by atoms with Crippen LogP contribution in [0, 0.1) is 0 Å². The molecule has 0 saturated carbocycles. The number of rotatable bonds is 3. The predicted molar refractivity (Wildman–Crippen MR) is 86.0 cm³/mol. The van der Waals surface area contributed by atoms with Gasteiger partial charge in [-0.25, -0.2) is 4.90 Å². The summed E-state index contributed by atoms with van der Waals surface area (Å²) in [5.74, 6) is 0. The van der Waals surface area contributed by atoms with E-state index in [9.17, 15) is 15.0 Å². The van der Waals surface area contributed by atoms with Gasteiger partial charge in [-0.3, -0.25) is 9.36 Å². The Labute approximate surface area is 133 Å². The Morgan fingerprint density at radius 3 is 2.35 bits per heavy atom. The van der Waals surface area contributed by atoms with E-state index in [2.05, 4.69) is 0 Å². The first-order valence-corrected chi connectivity index (χ1v) is 7.44. The molecular weight excluding hydrogens is 292 g/mol. The largest absolute Gasteiger partial charge is 0.374 e. The molecule has 0 bridgehead atoms. The van der Waals surface area contributed by atoms with E-state index in [1.807, 2.05) is 48.5 Å². The minimum absolute atomic E-state index is 0.416. The van der Waals surface area contributed by atoms with Crippen molar-refractivity contribution in [3.8, 4) is 0 Å². The summed E-state index contributed by atoms with van der Waals surface area (Å²) in [6, 6.07) is 15.0. The van der Waals surface area contributed by atoms with Crippen LogP contribution in [0.1, 0.15) is 29.1 Å². The number of fused-ring (bicyclic) bond motifs is 2. The molecule has 116 valence electrons. The lowest BCUT2D eigenvalue weighted by Crippen LogP contribution is -2.25. The normalized spacial score (nSPS) is 20.8. The lowest BCUT2D eigenvalue weighted by molar-refractivity contribution is -0.0901. The molecule has 2 unspecified atom stereocenters. The van der Waals surface area contributed by atoms with E-state index < -0.39 is 12.5 Å². The van der Waals surface area contributed by atoms with Crippen molar-refractivity contribution >= 4 is 17.3 Å². The van der Waals surface area contributed by atoms with Crippen molar-refractivity contribution in [1.82, 2.24) is 9.47 Å². The van der Waals surface area contributed by atoms with Gasteiger partial charge in [0.1, 0.15) is 12.5 Å². The summed E-state index contributed by atoms with van der Waals surface area (Å²) >= 11 is 0. The Morgan fingerprint density at radius 1 is 1.00 bits per heavy atom. The molecule has 5 heteroatoms. The van der Waals surface area contributed by atoms with Gasteiger partial charge < -0.3 is 10.2 Å². The topological polar surface area (TPSA) is 65.7 Å². The number of aromatic nitrogens is 1. The molecule has 23 heavy (non-hydrogen) atoms. The Morgan fingerprint density at radius 2 is 1.70 bits per heavy atom. The number of hydrogen-bond donors (Lipinski definition) is 2. The second-order valence-electron chi connectivity index (χ2n) is 5.77. The third kappa shape index (κ3) is 2.17. The van der Waals surface area contributed by atoms with Crippen LogP contribution in [0.25, 0.3) is 10.9 Å². The van der Waals surface area contributed by atoms with Gasteiger partial charge in [-0.05, 0) is 23.8 Å². The van der Waals surface area contributed by atoms with Crippen LogP contribution in [0.2, 0.25) is 0 Å². The van der Waals surface area contributed by atoms with Crippen LogP contribution in [0.5, 0.6) is 0 Å². The minimum atomic E-state index is -0.823. The SMILES string of the molecule is O=Cn1ccc2cc(CN3C(O)c4ccccc4C3O)ccc21. The maximum Gasteiger partial charge on any atom is 0.218 e. The Hall–Kier alpha value is -2.47. The van der Waals surface area contributed by atoms with Crippen molar-refractivity contribution in [2.45, 2.75) is 19.0 Å². The first kappa shape index (κ1) is 14.1. The van der Waals surface area contributed by atoms with Crippen LogP contribution in [-0.4, -0.2) is 26.1 Å². The molecule has 2 N–H and O–H groups in total. The number of carbonyl (C=O) groups is 1. The average molecular weight is 308 g/mol. The quantitative estimate of drug-likeness (QED) is 0.728. The van der Waals surface area contributed by atoms with E-state index in [1.54, 1.807) is 11.1 Å². The third-order valence-electron chi connectivity index (χ3n) is 4.44. The number of aliphatic hydroxyl groups is 2. The first-order chi connectivity index (χ1) is 11.2. The second-order valence-corrected chi connectivity index (χ2v) is 5.77. The van der Waals surface area contributed by atoms with Gasteiger partial charge in [-0.2, -0.15) is 0 Å². The van der Waals surface area contributed by atoms with Gasteiger partial charge in [0.05, 0.1) is 5.52 Å². The molecule has 3 aromatic rings. The minimum Gasteiger partial charge on any atom is -0.374 e. The van der Waals surface area contributed by atoms with E-state index in [0.717, 1.165) is 34.0 Å². The number of nitrogens with zero attached hydrogens (tertiary/aromatic N) is 2. The van der Waals surface area contributed by atoms with E-state index >= 15 is 0 Å². The fourth-order valence-electron chi connectivity index (χ4n) is 3.26. The Bertz CT molecular complexity index is 858. The standard InChI is InChI=1S/C18H16N2O3/c21-11-19-8-7-13-9-12(5-6-16(13)19)10-20-17(22)14-3-1-2-4-15(14)18(20)23/h1-9,11,17-18,22-23H,10H2. The van der Waals surface area contributed by atoms with Crippen LogP contribution in [-0.2, 0) is 11.3 Å². The second kappa shape index (κ2) is 5.31. The molecule has 5 nitrogen and oxygen atoms in total. The van der Waals surface area contributed by atoms with Crippen LogP contribution < -0.4 is 0 Å². The highest BCUT2D eigenvalue weighted by atomic mass is 16.3. The van der Waals surface area contributed by atoms with Gasteiger partial charge in [0.15, 0.2) is 0 Å². The number of aliphatic hydroxyl groups excluding tert-OH is 2. The van der Waals surface area contributed by atoms with Crippen molar-refractivity contribution in [3.05, 3.63) is 71.4 Å². The summed E-state index contributed by atoms with van der Waals surface area (Å²) in [5.41, 5.74) is 3.29. The van der Waals surface area contributed by atoms with E-state index in [4.69, 9.17) is 0 Å². The van der Waals surface area contributed by atoms with Crippen LogP contribution in [0.15, 0.2) is 54.7 Å². The van der Waals surface area contributed by atoms with Crippen LogP contribution in [0.4, 0.5) is 0 Å². The third-order valence-corrected chi connectivity index (χ3v) is 4.44. The molecule has 1 aliphatic rings. The molecule has 0 amide bonds. The highest BCUT2D eigenvalue weighted by Gasteiger charge is 2.35. The molecule has 0 aliphatic carbocycles. The summed E-state index contributed by atoms with van der Waals surface area (Å²) in [6.45, 7) is 0.416. The average Bonchev–Trinajstić information content (AvgIpc) is 3.09. The van der Waals surface area contributed by atoms with Crippen molar-refractivity contribution in [2.24, 2.45) is 0 Å². The van der Waals surface area contributed by atoms with Gasteiger partial charge in [-0.15, -0.1) is 0 Å². The Kier molecular flexibility index (Phi) is 3.27. The highest BCUT2D eigenvalue weighted by molar-refractivity contribution is 5.85. The molecular formula is C18H16N2O3. The molecule has 2 heterocycles. The zero-order chi connectivity index (χ0) is 16.0. The molecule has 4 rings (SSSR count). The monoisotopic (exact) mass is 308 g/mol. The zero-order valence-corrected chi connectivity index (χ0v) is 12.3. The van der Waals surface area contributed by atoms with Crippen molar-refractivity contribution in [3.63, 3.8) is 0 Å². The summed E-state index contributed by atoms with van der Waals surface area (Å²) < 4.78 is 1.52. The summed E-state index contributed by atoms with van der Waals surface area (Å²) in [6.07, 6.45) is 0.844. The molecule has 0 spiro atoms. The fraction of sp³-hybridized carbons (Fsp3) is 0.167. The number of hydrogen-bond acceptors (Lipinski definition) is 4. The molecule has 2 atom stereocenters. The van der Waals surface area contributed by atoms with Gasteiger partial charge >= 0.3 is 0 Å². The summed E-state index contributed by atoms with van der Waals surface area (Å²) in [4.78, 5) is 12.6. The van der Waals surface area contributed by atoms with Gasteiger partial charge in [-0.1, -0.05) is 30.3 Å².